The summed E-state index contributed by atoms with van der Waals surface area (Å²) in [6.07, 6.45) is 4.58. The van der Waals surface area contributed by atoms with Crippen LogP contribution < -0.4 is 0 Å². The van der Waals surface area contributed by atoms with E-state index in [4.69, 9.17) is 0 Å². The van der Waals surface area contributed by atoms with Crippen LogP contribution in [0.1, 0.15) is 28.9 Å². The summed E-state index contributed by atoms with van der Waals surface area (Å²) in [5, 5.41) is 7.58. The van der Waals surface area contributed by atoms with Crippen LogP contribution >= 0.6 is 15.9 Å². The van der Waals surface area contributed by atoms with E-state index in [0.29, 0.717) is 0 Å². The zero-order valence-electron chi connectivity index (χ0n) is 8.96. The average molecular weight is 277 g/mol. The summed E-state index contributed by atoms with van der Waals surface area (Å²) in [5.41, 5.74) is 5.37. The number of rotatable bonds is 2. The van der Waals surface area contributed by atoms with Gasteiger partial charge in [-0.15, -0.1) is 0 Å². The molecular weight excluding hydrogens is 264 g/mol. The molecule has 82 valence electrons. The molecule has 3 heteroatoms. The number of aromatic amines is 1. The Balaban J connectivity index is 1.86. The molecule has 0 amide bonds. The molecule has 0 saturated carbocycles. The van der Waals surface area contributed by atoms with Gasteiger partial charge in [-0.3, -0.25) is 5.10 Å². The van der Waals surface area contributed by atoms with Crippen LogP contribution in [0.25, 0.3) is 0 Å². The third-order valence-corrected chi connectivity index (χ3v) is 3.71. The molecule has 0 radical (unpaired) electrons. The van der Waals surface area contributed by atoms with Gasteiger partial charge in [-0.2, -0.15) is 5.10 Å². The fourth-order valence-electron chi connectivity index (χ4n) is 2.33. The van der Waals surface area contributed by atoms with Crippen LogP contribution in [-0.2, 0) is 19.3 Å². The van der Waals surface area contributed by atoms with Crippen molar-refractivity contribution in [3.8, 4) is 0 Å². The Morgan fingerprint density at radius 1 is 1.19 bits per heavy atom. The normalized spacial score (nSPS) is 14.1. The third-order valence-electron chi connectivity index (χ3n) is 3.18. The van der Waals surface area contributed by atoms with Crippen LogP contribution in [0.3, 0.4) is 0 Å². The van der Waals surface area contributed by atoms with Gasteiger partial charge in [0, 0.05) is 16.6 Å². The van der Waals surface area contributed by atoms with Crippen molar-refractivity contribution in [2.24, 2.45) is 0 Å². The molecule has 3 rings (SSSR count). The first-order valence-electron chi connectivity index (χ1n) is 5.62. The van der Waals surface area contributed by atoms with Gasteiger partial charge in [0.15, 0.2) is 0 Å². The molecule has 1 aromatic heterocycles. The van der Waals surface area contributed by atoms with E-state index in [-0.39, 0.29) is 0 Å². The second kappa shape index (κ2) is 4.06. The van der Waals surface area contributed by atoms with E-state index in [1.165, 1.54) is 41.8 Å². The minimum Gasteiger partial charge on any atom is -0.282 e. The Hall–Kier alpha value is -1.09. The zero-order valence-corrected chi connectivity index (χ0v) is 10.5. The Morgan fingerprint density at radius 2 is 2.00 bits per heavy atom. The first-order chi connectivity index (χ1) is 7.83. The van der Waals surface area contributed by atoms with E-state index >= 15 is 0 Å². The predicted molar refractivity (Wildman–Crippen MR) is 67.6 cm³/mol. The second-order valence-electron chi connectivity index (χ2n) is 4.28. The van der Waals surface area contributed by atoms with Crippen LogP contribution in [0, 0.1) is 0 Å². The van der Waals surface area contributed by atoms with E-state index in [0.717, 1.165) is 10.9 Å². The fourth-order valence-corrected chi connectivity index (χ4v) is 2.59. The molecule has 0 fully saturated rings. The quantitative estimate of drug-likeness (QED) is 0.896. The van der Waals surface area contributed by atoms with Crippen LogP contribution in [0.5, 0.6) is 0 Å². The van der Waals surface area contributed by atoms with Gasteiger partial charge in [0.2, 0.25) is 0 Å². The lowest BCUT2D eigenvalue weighted by Crippen LogP contribution is -1.92. The molecular formula is C13H13BrN2. The van der Waals surface area contributed by atoms with Crippen molar-refractivity contribution in [3.05, 3.63) is 51.3 Å². The minimum atomic E-state index is 0.944. The summed E-state index contributed by atoms with van der Waals surface area (Å²) < 4.78 is 1.13. The highest BCUT2D eigenvalue weighted by molar-refractivity contribution is 9.10. The number of H-pyrrole nitrogens is 1. The van der Waals surface area contributed by atoms with E-state index in [1.807, 2.05) is 0 Å². The maximum Gasteiger partial charge on any atom is 0.0700 e. The topological polar surface area (TPSA) is 28.7 Å². The van der Waals surface area contributed by atoms with Gasteiger partial charge in [-0.05, 0) is 42.5 Å². The number of benzene rings is 1. The number of nitrogens with zero attached hydrogens (tertiary/aromatic N) is 1. The summed E-state index contributed by atoms with van der Waals surface area (Å²) >= 11 is 3.45. The van der Waals surface area contributed by atoms with Crippen LogP contribution in [0.2, 0.25) is 0 Å². The fraction of sp³-hybridized carbons (Fsp3) is 0.308. The average Bonchev–Trinajstić information content (AvgIpc) is 2.86. The number of nitrogens with one attached hydrogen (secondary N) is 1. The maximum atomic E-state index is 4.42. The number of aryl methyl sites for hydroxylation is 1. The molecule has 0 spiro atoms. The molecule has 1 aliphatic rings. The predicted octanol–water partition coefficient (Wildman–Crippen LogP) is 3.25. The van der Waals surface area contributed by atoms with E-state index < -0.39 is 0 Å². The van der Waals surface area contributed by atoms with Gasteiger partial charge in [-0.25, -0.2) is 0 Å². The highest BCUT2D eigenvalue weighted by Gasteiger charge is 2.18. The smallest absolute Gasteiger partial charge is 0.0700 e. The Kier molecular flexibility index (Phi) is 2.56. The summed E-state index contributed by atoms with van der Waals surface area (Å²) in [4.78, 5) is 0. The molecule has 2 aromatic rings. The summed E-state index contributed by atoms with van der Waals surface area (Å²) in [6, 6.07) is 8.48. The molecule has 0 bridgehead atoms. The molecule has 0 saturated heterocycles. The highest BCUT2D eigenvalue weighted by atomic mass is 79.9. The van der Waals surface area contributed by atoms with Crippen LogP contribution in [0.4, 0.5) is 0 Å². The summed E-state index contributed by atoms with van der Waals surface area (Å²) in [5.74, 6) is 0. The first kappa shape index (κ1) is 10.1. The number of halogens is 1. The Bertz CT molecular complexity index is 499. The van der Waals surface area contributed by atoms with Gasteiger partial charge in [0.25, 0.3) is 0 Å². The molecule has 1 aromatic carbocycles. The molecule has 1 N–H and O–H groups in total. The lowest BCUT2D eigenvalue weighted by atomic mass is 10.1. The Morgan fingerprint density at radius 3 is 2.81 bits per heavy atom. The van der Waals surface area contributed by atoms with Gasteiger partial charge < -0.3 is 0 Å². The number of aromatic nitrogens is 2. The second-order valence-corrected chi connectivity index (χ2v) is 5.20. The number of hydrogen-bond acceptors (Lipinski definition) is 1. The van der Waals surface area contributed by atoms with Crippen molar-refractivity contribution in [2.45, 2.75) is 25.7 Å². The van der Waals surface area contributed by atoms with Crippen molar-refractivity contribution in [3.63, 3.8) is 0 Å². The number of hydrogen-bond donors (Lipinski definition) is 1. The van der Waals surface area contributed by atoms with Gasteiger partial charge in [-0.1, -0.05) is 28.1 Å². The van der Waals surface area contributed by atoms with Crippen molar-refractivity contribution in [1.29, 1.82) is 0 Å². The van der Waals surface area contributed by atoms with E-state index in [2.05, 4.69) is 50.4 Å². The van der Waals surface area contributed by atoms with Gasteiger partial charge >= 0.3 is 0 Å². The largest absolute Gasteiger partial charge is 0.282 e. The van der Waals surface area contributed by atoms with Crippen molar-refractivity contribution >= 4 is 15.9 Å². The van der Waals surface area contributed by atoms with Gasteiger partial charge in [0.05, 0.1) is 5.69 Å². The standard InChI is InChI=1S/C13H13BrN2/c14-10-6-4-9(5-7-10)8-13-11-2-1-3-12(11)15-16-13/h4-7H,1-3,8H2,(H,15,16). The molecule has 0 atom stereocenters. The first-order valence-corrected chi connectivity index (χ1v) is 6.41. The zero-order chi connectivity index (χ0) is 11.0. The molecule has 16 heavy (non-hydrogen) atoms. The maximum absolute atomic E-state index is 4.42. The lowest BCUT2D eigenvalue weighted by molar-refractivity contribution is 0.844. The minimum absolute atomic E-state index is 0.944. The van der Waals surface area contributed by atoms with Crippen molar-refractivity contribution in [1.82, 2.24) is 10.2 Å². The molecule has 0 unspecified atom stereocenters. The summed E-state index contributed by atoms with van der Waals surface area (Å²) in [6.45, 7) is 0. The molecule has 2 nitrogen and oxygen atoms in total. The lowest BCUT2D eigenvalue weighted by Gasteiger charge is -2.00. The molecule has 1 aliphatic carbocycles. The van der Waals surface area contributed by atoms with E-state index in [1.54, 1.807) is 0 Å². The Labute approximate surface area is 103 Å². The van der Waals surface area contributed by atoms with Crippen LogP contribution in [0.15, 0.2) is 28.7 Å². The SMILES string of the molecule is Brc1ccc(Cc2n[nH]c3c2CCC3)cc1. The molecule has 1 heterocycles. The van der Waals surface area contributed by atoms with E-state index in [9.17, 15) is 0 Å². The third kappa shape index (κ3) is 1.80. The van der Waals surface area contributed by atoms with Crippen molar-refractivity contribution in [2.75, 3.05) is 0 Å². The molecule has 0 aliphatic heterocycles. The monoisotopic (exact) mass is 276 g/mol. The summed E-state index contributed by atoms with van der Waals surface area (Å²) in [7, 11) is 0. The van der Waals surface area contributed by atoms with Gasteiger partial charge in [0.1, 0.15) is 0 Å². The van der Waals surface area contributed by atoms with Crippen molar-refractivity contribution < 1.29 is 0 Å². The number of fused-ring (bicyclic) bond motifs is 1. The van der Waals surface area contributed by atoms with Crippen LogP contribution in [-0.4, -0.2) is 10.2 Å². The highest BCUT2D eigenvalue weighted by Crippen LogP contribution is 2.24.